The number of carbonyl (C=O) groups is 1. The second-order valence-electron chi connectivity index (χ2n) is 8.00. The molecule has 0 N–H and O–H groups in total. The average Bonchev–Trinajstić information content (AvgIpc) is 2.69. The number of benzene rings is 2. The van der Waals surface area contributed by atoms with Crippen molar-refractivity contribution in [2.75, 3.05) is 19.7 Å². The smallest absolute Gasteiger partial charge is 0.260 e. The largest absolute Gasteiger partial charge is 0.484 e. The minimum Gasteiger partial charge on any atom is -0.484 e. The van der Waals surface area contributed by atoms with Crippen molar-refractivity contribution in [3.05, 3.63) is 64.9 Å². The van der Waals surface area contributed by atoms with Crippen LogP contribution in [0.15, 0.2) is 48.5 Å². The molecule has 1 aliphatic heterocycles. The Bertz CT molecular complexity index is 811. The normalized spacial score (nSPS) is 20.1. The molecule has 1 saturated heterocycles. The Morgan fingerprint density at radius 2 is 1.79 bits per heavy atom. The van der Waals surface area contributed by atoms with Gasteiger partial charge in [-0.15, -0.1) is 0 Å². The number of amides is 1. The molecule has 6 heteroatoms. The molecule has 4 nitrogen and oxygen atoms in total. The summed E-state index contributed by atoms with van der Waals surface area (Å²) in [5.74, 6) is 0.777. The molecular weight excluding hydrogens is 391 g/mol. The third-order valence-corrected chi connectivity index (χ3v) is 5.70. The topological polar surface area (TPSA) is 32.8 Å². The SMILES string of the molecule is CC(C)[C@@H]1CN(C(=O)COc2ccc(Cl)cc2)[C@H](C)CN1Cc1ccc(F)cc1. The van der Waals surface area contributed by atoms with Crippen LogP contribution in [0.5, 0.6) is 5.75 Å². The quantitative estimate of drug-likeness (QED) is 0.686. The molecular formula is C23H28ClFN2O2. The molecule has 1 heterocycles. The van der Waals surface area contributed by atoms with Crippen LogP contribution in [0.25, 0.3) is 0 Å². The van der Waals surface area contributed by atoms with Crippen molar-refractivity contribution < 1.29 is 13.9 Å². The number of rotatable bonds is 6. The van der Waals surface area contributed by atoms with Crippen molar-refractivity contribution in [3.63, 3.8) is 0 Å². The first kappa shape index (κ1) is 21.6. The molecule has 0 radical (unpaired) electrons. The Labute approximate surface area is 177 Å². The Kier molecular flexibility index (Phi) is 7.14. The van der Waals surface area contributed by atoms with E-state index in [9.17, 15) is 9.18 Å². The van der Waals surface area contributed by atoms with E-state index in [0.29, 0.717) is 23.2 Å². The van der Waals surface area contributed by atoms with Crippen LogP contribution in [-0.4, -0.2) is 47.5 Å². The van der Waals surface area contributed by atoms with Gasteiger partial charge in [-0.25, -0.2) is 4.39 Å². The first-order valence-corrected chi connectivity index (χ1v) is 10.4. The fraction of sp³-hybridized carbons (Fsp3) is 0.435. The van der Waals surface area contributed by atoms with Gasteiger partial charge in [0.25, 0.3) is 5.91 Å². The molecule has 0 spiro atoms. The van der Waals surface area contributed by atoms with Crippen LogP contribution in [0.1, 0.15) is 26.3 Å². The van der Waals surface area contributed by atoms with E-state index in [4.69, 9.17) is 16.3 Å². The molecule has 0 aromatic heterocycles. The van der Waals surface area contributed by atoms with Crippen LogP contribution in [0, 0.1) is 11.7 Å². The molecule has 0 bridgehead atoms. The molecule has 29 heavy (non-hydrogen) atoms. The van der Waals surface area contributed by atoms with Crippen LogP contribution >= 0.6 is 11.6 Å². The number of piperazine rings is 1. The van der Waals surface area contributed by atoms with E-state index >= 15 is 0 Å². The molecule has 2 aromatic rings. The summed E-state index contributed by atoms with van der Waals surface area (Å²) in [7, 11) is 0. The molecule has 1 amide bonds. The van der Waals surface area contributed by atoms with Gasteiger partial charge < -0.3 is 9.64 Å². The van der Waals surface area contributed by atoms with Crippen LogP contribution < -0.4 is 4.74 Å². The van der Waals surface area contributed by atoms with Crippen molar-refractivity contribution in [2.24, 2.45) is 5.92 Å². The van der Waals surface area contributed by atoms with Gasteiger partial charge in [0.2, 0.25) is 0 Å². The molecule has 0 saturated carbocycles. The third kappa shape index (κ3) is 5.71. The summed E-state index contributed by atoms with van der Waals surface area (Å²) in [5, 5.41) is 0.634. The lowest BCUT2D eigenvalue weighted by atomic mass is 9.96. The third-order valence-electron chi connectivity index (χ3n) is 5.45. The molecule has 1 aliphatic rings. The maximum Gasteiger partial charge on any atom is 0.260 e. The van der Waals surface area contributed by atoms with E-state index in [2.05, 4.69) is 25.7 Å². The second-order valence-corrected chi connectivity index (χ2v) is 8.44. The first-order chi connectivity index (χ1) is 13.8. The number of nitrogens with zero attached hydrogens (tertiary/aromatic N) is 2. The predicted octanol–water partition coefficient (Wildman–Crippen LogP) is 4.62. The van der Waals surface area contributed by atoms with Crippen molar-refractivity contribution in [3.8, 4) is 5.75 Å². The maximum atomic E-state index is 13.2. The zero-order chi connectivity index (χ0) is 21.0. The second kappa shape index (κ2) is 9.59. The van der Waals surface area contributed by atoms with Gasteiger partial charge in [-0.3, -0.25) is 9.69 Å². The summed E-state index contributed by atoms with van der Waals surface area (Å²) in [6, 6.07) is 14.0. The lowest BCUT2D eigenvalue weighted by molar-refractivity contribution is -0.140. The predicted molar refractivity (Wildman–Crippen MR) is 114 cm³/mol. The molecule has 3 rings (SSSR count). The molecule has 2 aromatic carbocycles. The zero-order valence-electron chi connectivity index (χ0n) is 17.1. The van der Waals surface area contributed by atoms with Crippen LogP contribution in [-0.2, 0) is 11.3 Å². The lowest BCUT2D eigenvalue weighted by Gasteiger charge is -2.47. The summed E-state index contributed by atoms with van der Waals surface area (Å²) in [6.45, 7) is 8.59. The van der Waals surface area contributed by atoms with E-state index < -0.39 is 0 Å². The van der Waals surface area contributed by atoms with Crippen molar-refractivity contribution in [2.45, 2.75) is 39.4 Å². The fourth-order valence-corrected chi connectivity index (χ4v) is 3.94. The minimum atomic E-state index is -0.223. The summed E-state index contributed by atoms with van der Waals surface area (Å²) in [4.78, 5) is 17.1. The van der Waals surface area contributed by atoms with Crippen molar-refractivity contribution in [1.82, 2.24) is 9.80 Å². The van der Waals surface area contributed by atoms with E-state index in [-0.39, 0.29) is 30.4 Å². The highest BCUT2D eigenvalue weighted by Gasteiger charge is 2.35. The van der Waals surface area contributed by atoms with E-state index in [0.717, 1.165) is 18.7 Å². The molecule has 0 unspecified atom stereocenters. The van der Waals surface area contributed by atoms with Gasteiger partial charge in [0.1, 0.15) is 11.6 Å². The van der Waals surface area contributed by atoms with Gasteiger partial charge in [-0.2, -0.15) is 0 Å². The highest BCUT2D eigenvalue weighted by atomic mass is 35.5. The summed E-state index contributed by atoms with van der Waals surface area (Å²) < 4.78 is 18.9. The summed E-state index contributed by atoms with van der Waals surface area (Å²) in [6.07, 6.45) is 0. The molecule has 1 fully saturated rings. The summed E-state index contributed by atoms with van der Waals surface area (Å²) in [5.41, 5.74) is 1.08. The monoisotopic (exact) mass is 418 g/mol. The van der Waals surface area contributed by atoms with E-state index in [1.165, 1.54) is 12.1 Å². The van der Waals surface area contributed by atoms with Crippen molar-refractivity contribution in [1.29, 1.82) is 0 Å². The van der Waals surface area contributed by atoms with Crippen LogP contribution in [0.2, 0.25) is 5.02 Å². The van der Waals surface area contributed by atoms with Crippen LogP contribution in [0.4, 0.5) is 4.39 Å². The zero-order valence-corrected chi connectivity index (χ0v) is 17.9. The van der Waals surface area contributed by atoms with E-state index in [1.807, 2.05) is 17.0 Å². The van der Waals surface area contributed by atoms with Gasteiger partial charge in [0, 0.05) is 36.7 Å². The Morgan fingerprint density at radius 1 is 1.14 bits per heavy atom. The standard InChI is InChI=1S/C23H28ClFN2O2/c1-16(2)22-14-27(23(28)15-29-21-10-6-19(24)7-11-21)17(3)12-26(22)13-18-4-8-20(25)9-5-18/h4-11,16-17,22H,12-15H2,1-3H3/t17-,22+/m1/s1. The van der Waals surface area contributed by atoms with E-state index in [1.54, 1.807) is 24.3 Å². The van der Waals surface area contributed by atoms with Gasteiger partial charge in [-0.1, -0.05) is 37.6 Å². The maximum absolute atomic E-state index is 13.2. The minimum absolute atomic E-state index is 0.00868. The van der Waals surface area contributed by atoms with Crippen LogP contribution in [0.3, 0.4) is 0 Å². The highest BCUT2D eigenvalue weighted by molar-refractivity contribution is 6.30. The van der Waals surface area contributed by atoms with Gasteiger partial charge in [-0.05, 0) is 54.8 Å². The molecule has 156 valence electrons. The number of ether oxygens (including phenoxy) is 1. The Balaban J connectivity index is 1.63. The number of halogens is 2. The summed E-state index contributed by atoms with van der Waals surface area (Å²) >= 11 is 5.89. The van der Waals surface area contributed by atoms with Crippen molar-refractivity contribution >= 4 is 17.5 Å². The average molecular weight is 419 g/mol. The number of hydrogen-bond donors (Lipinski definition) is 0. The lowest BCUT2D eigenvalue weighted by Crippen LogP contribution is -2.60. The van der Waals surface area contributed by atoms with Gasteiger partial charge >= 0.3 is 0 Å². The Hall–Kier alpha value is -2.11. The van der Waals surface area contributed by atoms with Gasteiger partial charge in [0.15, 0.2) is 6.61 Å². The first-order valence-electron chi connectivity index (χ1n) is 10.00. The Morgan fingerprint density at radius 3 is 2.41 bits per heavy atom. The molecule has 2 atom stereocenters. The molecule has 0 aliphatic carbocycles. The number of hydrogen-bond acceptors (Lipinski definition) is 3. The number of carbonyl (C=O) groups excluding carboxylic acids is 1. The fourth-order valence-electron chi connectivity index (χ4n) is 3.82. The van der Waals surface area contributed by atoms with Gasteiger partial charge in [0.05, 0.1) is 0 Å². The highest BCUT2D eigenvalue weighted by Crippen LogP contribution is 2.24.